The molecule has 0 unspecified atom stereocenters. The molecule has 1 aromatic carbocycles. The Bertz CT molecular complexity index is 371. The minimum Gasteiger partial charge on any atom is -0.507 e. The van der Waals surface area contributed by atoms with Crippen molar-refractivity contribution in [3.63, 3.8) is 0 Å². The molecule has 0 heterocycles. The van der Waals surface area contributed by atoms with Crippen molar-refractivity contribution in [2.75, 3.05) is 7.11 Å². The largest absolute Gasteiger partial charge is 0.507 e. The van der Waals surface area contributed by atoms with Crippen molar-refractivity contribution in [3.05, 3.63) is 35.7 Å². The van der Waals surface area contributed by atoms with E-state index < -0.39 is 11.8 Å². The fraction of sp³-hybridized carbons (Fsp3) is 0.100. The second-order valence-electron chi connectivity index (χ2n) is 2.54. The third-order valence-corrected chi connectivity index (χ3v) is 1.60. The molecule has 0 amide bonds. The first-order chi connectivity index (χ1) is 6.65. The normalized spacial score (nSPS) is 11.1. The van der Waals surface area contributed by atoms with E-state index in [4.69, 9.17) is 0 Å². The van der Waals surface area contributed by atoms with Crippen LogP contribution in [0.1, 0.15) is 5.56 Å². The van der Waals surface area contributed by atoms with Crippen LogP contribution in [0.15, 0.2) is 30.1 Å². The van der Waals surface area contributed by atoms with Gasteiger partial charge in [0.1, 0.15) is 5.75 Å². The highest BCUT2D eigenvalue weighted by Crippen LogP contribution is 2.19. The first-order valence-electron chi connectivity index (χ1n) is 3.88. The van der Waals surface area contributed by atoms with Crippen LogP contribution >= 0.6 is 0 Å². The molecule has 0 aromatic heterocycles. The number of carbonyl (C=O) groups excluding carboxylic acids is 1. The smallest absolute Gasteiger partial charge is 0.366 e. The topological polar surface area (TPSA) is 46.5 Å². The Labute approximate surface area is 80.4 Å². The number of hydrogen-bond acceptors (Lipinski definition) is 3. The summed E-state index contributed by atoms with van der Waals surface area (Å²) in [5, 5.41) is 9.25. The fourth-order valence-electron chi connectivity index (χ4n) is 0.903. The average Bonchev–Trinajstić information content (AvgIpc) is 2.20. The number of aromatic hydroxyl groups is 1. The van der Waals surface area contributed by atoms with Gasteiger partial charge in [-0.1, -0.05) is 18.2 Å². The molecule has 0 spiro atoms. The van der Waals surface area contributed by atoms with E-state index in [1.165, 1.54) is 12.1 Å². The molecule has 1 rings (SSSR count). The van der Waals surface area contributed by atoms with Gasteiger partial charge >= 0.3 is 5.97 Å². The molecule has 0 bridgehead atoms. The molecule has 0 radical (unpaired) electrons. The zero-order valence-corrected chi connectivity index (χ0v) is 7.53. The monoisotopic (exact) mass is 196 g/mol. The number of hydrogen-bond donors (Lipinski definition) is 1. The molecular weight excluding hydrogens is 187 g/mol. The number of phenolic OH excluding ortho intramolecular Hbond substituents is 1. The average molecular weight is 196 g/mol. The lowest BCUT2D eigenvalue weighted by Gasteiger charge is -1.98. The quantitative estimate of drug-likeness (QED) is 0.580. The lowest BCUT2D eigenvalue weighted by Crippen LogP contribution is -1.99. The zero-order chi connectivity index (χ0) is 10.6. The standard InChI is InChI=1S/C10H9FO3/c1-14-10(13)8(11)6-7-4-2-3-5-9(7)12/h2-6,12H,1H3/b8-6-. The first kappa shape index (κ1) is 10.2. The third kappa shape index (κ3) is 2.32. The summed E-state index contributed by atoms with van der Waals surface area (Å²) in [4.78, 5) is 10.7. The number of methoxy groups -OCH3 is 1. The molecule has 4 heteroatoms. The van der Waals surface area contributed by atoms with Crippen molar-refractivity contribution < 1.29 is 19.0 Å². The Balaban J connectivity index is 2.97. The molecule has 0 fully saturated rings. The van der Waals surface area contributed by atoms with Crippen LogP contribution in [0.25, 0.3) is 6.08 Å². The number of rotatable bonds is 2. The predicted octanol–water partition coefficient (Wildman–Crippen LogP) is 1.88. The van der Waals surface area contributed by atoms with Crippen LogP contribution in [0.5, 0.6) is 5.75 Å². The molecule has 0 saturated carbocycles. The van der Waals surface area contributed by atoms with Gasteiger partial charge < -0.3 is 9.84 Å². The molecule has 0 aliphatic rings. The van der Waals surface area contributed by atoms with Crippen LogP contribution in [0.4, 0.5) is 4.39 Å². The second kappa shape index (κ2) is 4.41. The summed E-state index contributed by atoms with van der Waals surface area (Å²) >= 11 is 0. The maximum atomic E-state index is 12.9. The summed E-state index contributed by atoms with van der Waals surface area (Å²) in [6.45, 7) is 0. The number of halogens is 1. The van der Waals surface area contributed by atoms with Crippen molar-refractivity contribution in [3.8, 4) is 5.75 Å². The van der Waals surface area contributed by atoms with Crippen LogP contribution in [0.2, 0.25) is 0 Å². The molecule has 74 valence electrons. The number of benzene rings is 1. The van der Waals surface area contributed by atoms with Gasteiger partial charge in [-0.2, -0.15) is 4.39 Å². The van der Waals surface area contributed by atoms with Crippen molar-refractivity contribution in [2.45, 2.75) is 0 Å². The molecule has 3 nitrogen and oxygen atoms in total. The lowest BCUT2D eigenvalue weighted by molar-refractivity contribution is -0.137. The summed E-state index contributed by atoms with van der Waals surface area (Å²) in [6, 6.07) is 6.10. The summed E-state index contributed by atoms with van der Waals surface area (Å²) in [5.41, 5.74) is 0.232. The molecule has 1 aromatic rings. The summed E-state index contributed by atoms with van der Waals surface area (Å²) in [7, 11) is 1.08. The summed E-state index contributed by atoms with van der Waals surface area (Å²) in [5.74, 6) is -2.20. The van der Waals surface area contributed by atoms with Crippen LogP contribution in [0.3, 0.4) is 0 Å². The number of phenols is 1. The van der Waals surface area contributed by atoms with Gasteiger partial charge in [-0.15, -0.1) is 0 Å². The molecule has 14 heavy (non-hydrogen) atoms. The van der Waals surface area contributed by atoms with E-state index in [9.17, 15) is 14.3 Å². The second-order valence-corrected chi connectivity index (χ2v) is 2.54. The maximum absolute atomic E-state index is 12.9. The van der Waals surface area contributed by atoms with E-state index in [0.717, 1.165) is 13.2 Å². The molecule has 1 N–H and O–H groups in total. The Kier molecular flexibility index (Phi) is 3.23. The number of para-hydroxylation sites is 1. The van der Waals surface area contributed by atoms with Crippen LogP contribution in [0, 0.1) is 0 Å². The van der Waals surface area contributed by atoms with Crippen molar-refractivity contribution in [1.29, 1.82) is 0 Å². The van der Waals surface area contributed by atoms with Gasteiger partial charge in [0.25, 0.3) is 0 Å². The predicted molar refractivity (Wildman–Crippen MR) is 49.2 cm³/mol. The van der Waals surface area contributed by atoms with Crippen molar-refractivity contribution >= 4 is 12.0 Å². The van der Waals surface area contributed by atoms with E-state index in [0.29, 0.717) is 0 Å². The molecule has 0 atom stereocenters. The van der Waals surface area contributed by atoms with E-state index in [2.05, 4.69) is 4.74 Å². The van der Waals surface area contributed by atoms with Crippen LogP contribution in [-0.2, 0) is 9.53 Å². The fourth-order valence-corrected chi connectivity index (χ4v) is 0.903. The van der Waals surface area contributed by atoms with Gasteiger partial charge in [0.05, 0.1) is 7.11 Å². The van der Waals surface area contributed by atoms with Gasteiger partial charge in [-0.25, -0.2) is 4.79 Å². The van der Waals surface area contributed by atoms with Gasteiger partial charge in [0, 0.05) is 5.56 Å². The molecule has 0 aliphatic carbocycles. The highest BCUT2D eigenvalue weighted by atomic mass is 19.1. The van der Waals surface area contributed by atoms with Crippen molar-refractivity contribution in [2.24, 2.45) is 0 Å². The van der Waals surface area contributed by atoms with E-state index in [-0.39, 0.29) is 11.3 Å². The van der Waals surface area contributed by atoms with Gasteiger partial charge in [-0.05, 0) is 12.1 Å². The first-order valence-corrected chi connectivity index (χ1v) is 3.88. The van der Waals surface area contributed by atoms with Crippen LogP contribution < -0.4 is 0 Å². The number of ether oxygens (including phenoxy) is 1. The Morgan fingerprint density at radius 3 is 2.71 bits per heavy atom. The van der Waals surface area contributed by atoms with E-state index in [1.54, 1.807) is 12.1 Å². The van der Waals surface area contributed by atoms with Crippen LogP contribution in [-0.4, -0.2) is 18.2 Å². The van der Waals surface area contributed by atoms with Gasteiger partial charge in [0.2, 0.25) is 5.83 Å². The van der Waals surface area contributed by atoms with E-state index in [1.807, 2.05) is 0 Å². The Morgan fingerprint density at radius 1 is 1.50 bits per heavy atom. The van der Waals surface area contributed by atoms with Crippen molar-refractivity contribution in [1.82, 2.24) is 0 Å². The highest BCUT2D eigenvalue weighted by Gasteiger charge is 2.08. The number of carbonyl (C=O) groups is 1. The zero-order valence-electron chi connectivity index (χ0n) is 7.53. The minimum atomic E-state index is -1.06. The summed E-state index contributed by atoms with van der Waals surface area (Å²) < 4.78 is 17.1. The van der Waals surface area contributed by atoms with Gasteiger partial charge in [0.15, 0.2) is 0 Å². The lowest BCUT2D eigenvalue weighted by atomic mass is 10.2. The Hall–Kier alpha value is -1.84. The SMILES string of the molecule is COC(=O)/C(F)=C/c1ccccc1O. The number of esters is 1. The third-order valence-electron chi connectivity index (χ3n) is 1.60. The highest BCUT2D eigenvalue weighted by molar-refractivity contribution is 5.91. The van der Waals surface area contributed by atoms with Gasteiger partial charge in [-0.3, -0.25) is 0 Å². The summed E-state index contributed by atoms with van der Waals surface area (Å²) in [6.07, 6.45) is 0.918. The Morgan fingerprint density at radius 2 is 2.14 bits per heavy atom. The molecule has 0 saturated heterocycles. The van der Waals surface area contributed by atoms with E-state index >= 15 is 0 Å². The molecule has 0 aliphatic heterocycles. The maximum Gasteiger partial charge on any atom is 0.366 e. The minimum absolute atomic E-state index is 0.0912. The molecular formula is C10H9FO3.